The summed E-state index contributed by atoms with van der Waals surface area (Å²) < 4.78 is 21.9. The molecule has 1 N–H and O–H groups in total. The van der Waals surface area contributed by atoms with Gasteiger partial charge in [-0.2, -0.15) is 4.98 Å². The average Bonchev–Trinajstić information content (AvgIpc) is 3.55. The third-order valence-corrected chi connectivity index (χ3v) is 7.27. The summed E-state index contributed by atoms with van der Waals surface area (Å²) >= 11 is 0. The number of nitrogens with zero attached hydrogens (tertiary/aromatic N) is 4. The largest absolute Gasteiger partial charge is 0.527 e. The van der Waals surface area contributed by atoms with Crippen molar-refractivity contribution in [1.82, 2.24) is 25.2 Å². The Morgan fingerprint density at radius 3 is 2.47 bits per heavy atom. The van der Waals surface area contributed by atoms with E-state index in [1.54, 1.807) is 25.7 Å². The lowest BCUT2D eigenvalue weighted by atomic mass is 10.1. The van der Waals surface area contributed by atoms with Crippen molar-refractivity contribution in [3.8, 4) is 17.3 Å². The number of hydroxylamine groups is 2. The molecule has 0 spiro atoms. The lowest BCUT2D eigenvalue weighted by Gasteiger charge is -2.35. The van der Waals surface area contributed by atoms with Gasteiger partial charge in [0, 0.05) is 37.6 Å². The normalized spacial score (nSPS) is 17.4. The minimum absolute atomic E-state index is 0.000643. The second-order valence-corrected chi connectivity index (χ2v) is 12.3. The summed E-state index contributed by atoms with van der Waals surface area (Å²) in [5.41, 5.74) is -0.0205. The molecule has 2 atom stereocenters. The van der Waals surface area contributed by atoms with E-state index in [9.17, 15) is 19.2 Å². The number of nitrogens with one attached hydrogen (secondary N) is 1. The van der Waals surface area contributed by atoms with Crippen molar-refractivity contribution in [2.45, 2.75) is 77.5 Å². The Kier molecular flexibility index (Phi) is 12.9. The maximum atomic E-state index is 13.8. The molecule has 2 aliphatic rings. The third-order valence-electron chi connectivity index (χ3n) is 7.27. The van der Waals surface area contributed by atoms with Crippen molar-refractivity contribution in [2.75, 3.05) is 46.0 Å². The molecule has 2 amide bonds. The summed E-state index contributed by atoms with van der Waals surface area (Å²) in [7, 11) is 0. The van der Waals surface area contributed by atoms with E-state index in [0.717, 1.165) is 12.8 Å². The van der Waals surface area contributed by atoms with E-state index in [1.807, 2.05) is 37.3 Å². The van der Waals surface area contributed by atoms with E-state index >= 15 is 0 Å². The number of benzene rings is 1. The van der Waals surface area contributed by atoms with Gasteiger partial charge >= 0.3 is 12.1 Å². The van der Waals surface area contributed by atoms with Gasteiger partial charge in [0.1, 0.15) is 23.4 Å². The van der Waals surface area contributed by atoms with Crippen molar-refractivity contribution < 1.29 is 43.0 Å². The topological polar surface area (TPSA) is 159 Å². The van der Waals surface area contributed by atoms with Crippen LogP contribution in [-0.4, -0.2) is 108 Å². The zero-order valence-corrected chi connectivity index (χ0v) is 27.6. The Morgan fingerprint density at radius 2 is 1.81 bits per heavy atom. The monoisotopic (exact) mass is 655 g/mol. The van der Waals surface area contributed by atoms with Gasteiger partial charge in [0.15, 0.2) is 5.82 Å². The molecule has 3 heterocycles. The molecule has 2 saturated heterocycles. The maximum absolute atomic E-state index is 13.8. The number of aromatic nitrogens is 2. The Bertz CT molecular complexity index is 1350. The van der Waals surface area contributed by atoms with Crippen molar-refractivity contribution in [3.05, 3.63) is 42.1 Å². The molecule has 256 valence electrons. The standard InChI is InChI=1S/C33H45N5O9/c1-5-6-19-44-32(42)47-38-17-15-37(16-18-38)31(41)25(12-13-28(39)46-33(2,3)4)35-30(40)26-21-27(45-24-14-20-43-22-24)36-29(34-26)23-10-8-7-9-11-23/h7-11,21,24-25H,5-6,12-20,22H2,1-4H3,(H,35,40)/t24-,25-/m0/s1. The first kappa shape index (κ1) is 35.6. The molecule has 0 bridgehead atoms. The lowest BCUT2D eigenvalue weighted by Crippen LogP contribution is -2.55. The second kappa shape index (κ2) is 17.0. The van der Waals surface area contributed by atoms with Crippen LogP contribution >= 0.6 is 0 Å². The molecule has 1 aromatic heterocycles. The fourth-order valence-corrected chi connectivity index (χ4v) is 4.89. The highest BCUT2D eigenvalue weighted by Crippen LogP contribution is 2.22. The number of piperazine rings is 1. The number of unbranched alkanes of at least 4 members (excludes halogenated alkanes) is 1. The SMILES string of the molecule is CCCCOC(=O)ON1CCN(C(=O)[C@H](CCC(=O)OC(C)(C)C)NC(=O)c2cc(O[C@H]3CCOC3)nc(-c3ccccc3)n2)CC1. The third kappa shape index (κ3) is 11.5. The van der Waals surface area contributed by atoms with Gasteiger partial charge in [0.25, 0.3) is 5.91 Å². The van der Waals surface area contributed by atoms with Gasteiger partial charge in [0.2, 0.25) is 11.8 Å². The zero-order valence-electron chi connectivity index (χ0n) is 27.6. The number of hydrogen-bond donors (Lipinski definition) is 1. The number of ether oxygens (including phenoxy) is 4. The molecule has 2 fully saturated rings. The van der Waals surface area contributed by atoms with Crippen LogP contribution in [0.25, 0.3) is 11.4 Å². The Balaban J connectivity index is 1.48. The molecule has 2 aromatic rings. The van der Waals surface area contributed by atoms with Crippen molar-refractivity contribution in [2.24, 2.45) is 0 Å². The van der Waals surface area contributed by atoms with E-state index in [2.05, 4.69) is 15.3 Å². The van der Waals surface area contributed by atoms with E-state index in [4.69, 9.17) is 23.8 Å². The average molecular weight is 656 g/mol. The molecule has 0 radical (unpaired) electrons. The molecule has 14 heteroatoms. The smallest absolute Gasteiger partial charge is 0.472 e. The van der Waals surface area contributed by atoms with Gasteiger partial charge in [-0.15, -0.1) is 5.06 Å². The quantitative estimate of drug-likeness (QED) is 0.248. The van der Waals surface area contributed by atoms with Crippen LogP contribution in [0.1, 0.15) is 70.3 Å². The minimum atomic E-state index is -1.07. The Morgan fingerprint density at radius 1 is 1.06 bits per heavy atom. The first-order chi connectivity index (χ1) is 22.5. The van der Waals surface area contributed by atoms with Gasteiger partial charge in [-0.1, -0.05) is 43.7 Å². The van der Waals surface area contributed by atoms with Gasteiger partial charge < -0.3 is 34.0 Å². The van der Waals surface area contributed by atoms with Crippen LogP contribution in [-0.2, 0) is 28.6 Å². The molecular weight excluding hydrogens is 610 g/mol. The summed E-state index contributed by atoms with van der Waals surface area (Å²) in [4.78, 5) is 67.9. The van der Waals surface area contributed by atoms with Crippen LogP contribution in [0.3, 0.4) is 0 Å². The van der Waals surface area contributed by atoms with Gasteiger partial charge in [-0.3, -0.25) is 14.4 Å². The summed E-state index contributed by atoms with van der Waals surface area (Å²) in [6.45, 7) is 9.47. The van der Waals surface area contributed by atoms with E-state index in [0.29, 0.717) is 25.2 Å². The summed E-state index contributed by atoms with van der Waals surface area (Å²) in [5, 5.41) is 4.23. The van der Waals surface area contributed by atoms with Gasteiger partial charge in [0.05, 0.1) is 32.9 Å². The van der Waals surface area contributed by atoms with Crippen LogP contribution in [0.2, 0.25) is 0 Å². The molecule has 14 nitrogen and oxygen atoms in total. The number of carbonyl (C=O) groups excluding carboxylic acids is 4. The summed E-state index contributed by atoms with van der Waals surface area (Å²) in [6.07, 6.45) is 1.20. The van der Waals surface area contributed by atoms with Crippen LogP contribution in [0.5, 0.6) is 5.88 Å². The van der Waals surface area contributed by atoms with Gasteiger partial charge in [-0.05, 0) is 33.6 Å². The highest BCUT2D eigenvalue weighted by molar-refractivity contribution is 5.96. The van der Waals surface area contributed by atoms with E-state index < -0.39 is 29.7 Å². The fraction of sp³-hybridized carbons (Fsp3) is 0.576. The molecule has 47 heavy (non-hydrogen) atoms. The highest BCUT2D eigenvalue weighted by Gasteiger charge is 2.32. The minimum Gasteiger partial charge on any atom is -0.472 e. The van der Waals surface area contributed by atoms with Crippen molar-refractivity contribution >= 4 is 23.9 Å². The van der Waals surface area contributed by atoms with E-state index in [1.165, 1.54) is 11.1 Å². The van der Waals surface area contributed by atoms with Gasteiger partial charge in [-0.25, -0.2) is 9.78 Å². The van der Waals surface area contributed by atoms with Crippen molar-refractivity contribution in [3.63, 3.8) is 0 Å². The number of carbonyl (C=O) groups is 4. The summed E-state index contributed by atoms with van der Waals surface area (Å²) in [5.74, 6) is -1.01. The number of hydrogen-bond acceptors (Lipinski definition) is 12. The number of rotatable bonds is 13. The number of esters is 1. The maximum Gasteiger partial charge on any atom is 0.527 e. The van der Waals surface area contributed by atoms with E-state index in [-0.39, 0.29) is 75.0 Å². The first-order valence-corrected chi connectivity index (χ1v) is 16.1. The van der Waals surface area contributed by atoms with Crippen LogP contribution in [0.15, 0.2) is 36.4 Å². The molecule has 0 unspecified atom stereocenters. The Hall–Kier alpha value is -4.30. The molecule has 0 saturated carbocycles. The molecule has 1 aromatic carbocycles. The molecule has 0 aliphatic carbocycles. The van der Waals surface area contributed by atoms with Crippen LogP contribution in [0, 0.1) is 0 Å². The molecule has 2 aliphatic heterocycles. The molecule has 4 rings (SSSR count). The Labute approximate surface area is 275 Å². The number of amides is 2. The first-order valence-electron chi connectivity index (χ1n) is 16.1. The van der Waals surface area contributed by atoms with Crippen LogP contribution in [0.4, 0.5) is 4.79 Å². The zero-order chi connectivity index (χ0) is 33.8. The van der Waals surface area contributed by atoms with Crippen LogP contribution < -0.4 is 10.1 Å². The summed E-state index contributed by atoms with van der Waals surface area (Å²) in [6, 6.07) is 9.54. The molecular formula is C33H45N5O9. The predicted molar refractivity (Wildman–Crippen MR) is 169 cm³/mol. The lowest BCUT2D eigenvalue weighted by molar-refractivity contribution is -0.158. The van der Waals surface area contributed by atoms with Crippen molar-refractivity contribution in [1.29, 1.82) is 0 Å². The second-order valence-electron chi connectivity index (χ2n) is 12.3. The predicted octanol–water partition coefficient (Wildman–Crippen LogP) is 3.54. The highest BCUT2D eigenvalue weighted by atomic mass is 16.8. The fourth-order valence-electron chi connectivity index (χ4n) is 4.89.